The highest BCUT2D eigenvalue weighted by Gasteiger charge is 2.19. The van der Waals surface area contributed by atoms with Gasteiger partial charge in [-0.3, -0.25) is 4.79 Å². The van der Waals surface area contributed by atoms with Crippen LogP contribution in [0.5, 0.6) is 0 Å². The van der Waals surface area contributed by atoms with Gasteiger partial charge in [-0.05, 0) is 18.6 Å². The molecule has 0 saturated heterocycles. The summed E-state index contributed by atoms with van der Waals surface area (Å²) in [5.41, 5.74) is 2.24. The molecule has 0 N–H and O–H groups in total. The summed E-state index contributed by atoms with van der Waals surface area (Å²) in [7, 11) is 0. The van der Waals surface area contributed by atoms with Gasteiger partial charge >= 0.3 is 6.09 Å². The van der Waals surface area contributed by atoms with Crippen molar-refractivity contribution in [1.82, 2.24) is 0 Å². The van der Waals surface area contributed by atoms with Gasteiger partial charge in [0.05, 0.1) is 0 Å². The summed E-state index contributed by atoms with van der Waals surface area (Å²) >= 11 is 0. The normalized spacial score (nSPS) is 14.9. The molecule has 0 saturated carbocycles. The Hall–Kier alpha value is -2.23. The number of ketones is 1. The molecule has 0 radical (unpaired) electrons. The van der Waals surface area contributed by atoms with Crippen LogP contribution >= 0.6 is 0 Å². The van der Waals surface area contributed by atoms with Crippen molar-refractivity contribution in [1.29, 1.82) is 0 Å². The summed E-state index contributed by atoms with van der Waals surface area (Å²) in [4.78, 5) is 25.7. The smallest absolute Gasteiger partial charge is 0.434 e. The maximum atomic E-state index is 11.6. The number of rotatable bonds is 3. The fourth-order valence-corrected chi connectivity index (χ4v) is 1.38. The van der Waals surface area contributed by atoms with Crippen molar-refractivity contribution >= 4 is 23.7 Å². The molecule has 1 heterocycles. The van der Waals surface area contributed by atoms with E-state index in [1.165, 1.54) is 6.08 Å². The number of aliphatic imine (C=N–C) groups is 1. The topological polar surface area (TPSA) is 55.7 Å². The molecule has 1 aliphatic heterocycles. The molecule has 1 aromatic carbocycles. The second-order valence-electron chi connectivity index (χ2n) is 3.72. The van der Waals surface area contributed by atoms with E-state index in [2.05, 4.69) is 9.73 Å². The molecule has 0 aliphatic carbocycles. The monoisotopic (exact) mass is 229 g/mol. The molecule has 86 valence electrons. The van der Waals surface area contributed by atoms with Crippen molar-refractivity contribution in [2.24, 2.45) is 4.99 Å². The van der Waals surface area contributed by atoms with Gasteiger partial charge in [0.25, 0.3) is 0 Å². The Bertz CT molecular complexity index is 512. The van der Waals surface area contributed by atoms with Gasteiger partial charge in [0.1, 0.15) is 12.3 Å². The number of nitrogens with zero attached hydrogens (tertiary/aromatic N) is 1. The second-order valence-corrected chi connectivity index (χ2v) is 3.72. The van der Waals surface area contributed by atoms with E-state index in [0.717, 1.165) is 11.1 Å². The molecule has 0 bridgehead atoms. The zero-order chi connectivity index (χ0) is 12.3. The van der Waals surface area contributed by atoms with Crippen LogP contribution in [0.1, 0.15) is 11.1 Å². The minimum atomic E-state index is -0.697. The van der Waals surface area contributed by atoms with Crippen LogP contribution in [-0.4, -0.2) is 24.2 Å². The molecule has 2 rings (SSSR count). The Labute approximate surface area is 98.6 Å². The summed E-state index contributed by atoms with van der Waals surface area (Å²) in [5, 5.41) is 0. The lowest BCUT2D eigenvalue weighted by Crippen LogP contribution is -2.12. The number of benzene rings is 1. The molecule has 0 fully saturated rings. The molecular formula is C13H11NO3. The van der Waals surface area contributed by atoms with Gasteiger partial charge < -0.3 is 4.74 Å². The average molecular weight is 229 g/mol. The molecule has 0 aromatic heterocycles. The van der Waals surface area contributed by atoms with Crippen LogP contribution in [0.15, 0.2) is 35.3 Å². The standard InChI is InChI=1S/C13H11NO3/c1-9-2-4-10(5-3-9)6-7-12(15)11-8-17-13(16)14-11/h2-7H,8H2,1H3. The molecule has 0 spiro atoms. The fourth-order valence-electron chi connectivity index (χ4n) is 1.38. The minimum absolute atomic E-state index is 0.0318. The first-order valence-electron chi connectivity index (χ1n) is 5.18. The number of cyclic esters (lactones) is 1. The van der Waals surface area contributed by atoms with Crippen molar-refractivity contribution in [3.8, 4) is 0 Å². The lowest BCUT2D eigenvalue weighted by Gasteiger charge is -1.94. The third kappa shape index (κ3) is 2.87. The van der Waals surface area contributed by atoms with Crippen molar-refractivity contribution in [2.45, 2.75) is 6.92 Å². The molecule has 1 aliphatic rings. The number of hydrogen-bond donors (Lipinski definition) is 0. The van der Waals surface area contributed by atoms with Crippen LogP contribution in [0.4, 0.5) is 4.79 Å². The van der Waals surface area contributed by atoms with Gasteiger partial charge in [-0.2, -0.15) is 4.99 Å². The molecule has 4 nitrogen and oxygen atoms in total. The number of ether oxygens (including phenoxy) is 1. The predicted octanol–water partition coefficient (Wildman–Crippen LogP) is 2.17. The van der Waals surface area contributed by atoms with Gasteiger partial charge in [0, 0.05) is 0 Å². The third-order valence-electron chi connectivity index (χ3n) is 2.35. The fraction of sp³-hybridized carbons (Fsp3) is 0.154. The molecule has 4 heteroatoms. The Morgan fingerprint density at radius 2 is 2.06 bits per heavy atom. The number of hydrogen-bond acceptors (Lipinski definition) is 3. The molecule has 17 heavy (non-hydrogen) atoms. The van der Waals surface area contributed by atoms with E-state index in [1.807, 2.05) is 31.2 Å². The van der Waals surface area contributed by atoms with Crippen LogP contribution in [-0.2, 0) is 9.53 Å². The SMILES string of the molecule is Cc1ccc(C=CC(=O)C2=NC(=O)OC2)cc1. The van der Waals surface area contributed by atoms with E-state index in [-0.39, 0.29) is 18.1 Å². The van der Waals surface area contributed by atoms with Crippen LogP contribution in [0.25, 0.3) is 6.08 Å². The zero-order valence-corrected chi connectivity index (χ0v) is 9.34. The highest BCUT2D eigenvalue weighted by atomic mass is 16.6. The third-order valence-corrected chi connectivity index (χ3v) is 2.35. The summed E-state index contributed by atoms with van der Waals surface area (Å²) in [6.07, 6.45) is 2.38. The van der Waals surface area contributed by atoms with E-state index >= 15 is 0 Å². The lowest BCUT2D eigenvalue weighted by atomic mass is 10.1. The van der Waals surface area contributed by atoms with Crippen LogP contribution in [0.3, 0.4) is 0 Å². The quantitative estimate of drug-likeness (QED) is 0.746. The second kappa shape index (κ2) is 4.74. The maximum Gasteiger partial charge on any atom is 0.434 e. The van der Waals surface area contributed by atoms with Gasteiger partial charge in [-0.1, -0.05) is 35.9 Å². The van der Waals surface area contributed by atoms with E-state index in [9.17, 15) is 9.59 Å². The van der Waals surface area contributed by atoms with Crippen molar-refractivity contribution < 1.29 is 14.3 Å². The van der Waals surface area contributed by atoms with Gasteiger partial charge in [-0.15, -0.1) is 0 Å². The Morgan fingerprint density at radius 3 is 2.65 bits per heavy atom. The van der Waals surface area contributed by atoms with E-state index < -0.39 is 6.09 Å². The van der Waals surface area contributed by atoms with E-state index in [0.29, 0.717) is 0 Å². The van der Waals surface area contributed by atoms with Crippen molar-refractivity contribution in [2.75, 3.05) is 6.61 Å². The Kier molecular flexibility index (Phi) is 3.14. The first-order valence-corrected chi connectivity index (χ1v) is 5.18. The molecule has 1 aromatic rings. The first-order chi connectivity index (χ1) is 8.15. The van der Waals surface area contributed by atoms with Gasteiger partial charge in [-0.25, -0.2) is 4.79 Å². The van der Waals surface area contributed by atoms with Gasteiger partial charge in [0.2, 0.25) is 5.78 Å². The number of amides is 1. The molecule has 0 unspecified atom stereocenters. The highest BCUT2D eigenvalue weighted by molar-refractivity contribution is 6.47. The van der Waals surface area contributed by atoms with Crippen molar-refractivity contribution in [3.05, 3.63) is 41.5 Å². The lowest BCUT2D eigenvalue weighted by molar-refractivity contribution is -0.108. The van der Waals surface area contributed by atoms with Crippen molar-refractivity contribution in [3.63, 3.8) is 0 Å². The predicted molar refractivity (Wildman–Crippen MR) is 64.0 cm³/mol. The van der Waals surface area contributed by atoms with Gasteiger partial charge in [0.15, 0.2) is 0 Å². The Morgan fingerprint density at radius 1 is 1.35 bits per heavy atom. The molecular weight excluding hydrogens is 218 g/mol. The number of aryl methyl sites for hydroxylation is 1. The summed E-state index contributed by atoms with van der Waals surface area (Å²) in [6, 6.07) is 7.75. The van der Waals surface area contributed by atoms with Crippen LogP contribution < -0.4 is 0 Å². The summed E-state index contributed by atoms with van der Waals surface area (Å²) in [6.45, 7) is 1.96. The maximum absolute atomic E-state index is 11.6. The summed E-state index contributed by atoms with van der Waals surface area (Å²) < 4.78 is 4.56. The first kappa shape index (κ1) is 11.3. The molecule has 1 amide bonds. The number of allylic oxidation sites excluding steroid dienone is 1. The van der Waals surface area contributed by atoms with Crippen LogP contribution in [0, 0.1) is 6.92 Å². The largest absolute Gasteiger partial charge is 0.441 e. The molecule has 0 atom stereocenters. The Balaban J connectivity index is 2.06. The number of carbonyl (C=O) groups excluding carboxylic acids is 2. The minimum Gasteiger partial charge on any atom is -0.441 e. The van der Waals surface area contributed by atoms with E-state index in [4.69, 9.17) is 0 Å². The zero-order valence-electron chi connectivity index (χ0n) is 9.34. The number of carbonyl (C=O) groups is 2. The highest BCUT2D eigenvalue weighted by Crippen LogP contribution is 2.06. The average Bonchev–Trinajstić information content (AvgIpc) is 2.75. The van der Waals surface area contributed by atoms with E-state index in [1.54, 1.807) is 6.08 Å². The van der Waals surface area contributed by atoms with Crippen LogP contribution in [0.2, 0.25) is 0 Å². The summed E-state index contributed by atoms with van der Waals surface area (Å²) in [5.74, 6) is -0.295.